The van der Waals surface area contributed by atoms with E-state index in [1.807, 2.05) is 12.3 Å². The van der Waals surface area contributed by atoms with Crippen LogP contribution in [0.5, 0.6) is 0 Å². The topological polar surface area (TPSA) is 38.9 Å². The van der Waals surface area contributed by atoms with Crippen LogP contribution in [0, 0.1) is 20.8 Å². The van der Waals surface area contributed by atoms with Crippen molar-refractivity contribution in [1.82, 2.24) is 4.98 Å². The summed E-state index contributed by atoms with van der Waals surface area (Å²) in [6.45, 7) is 6.32. The van der Waals surface area contributed by atoms with Crippen LogP contribution in [-0.2, 0) is 6.42 Å². The molecule has 94 valence electrons. The van der Waals surface area contributed by atoms with Crippen LogP contribution in [0.1, 0.15) is 34.0 Å². The summed E-state index contributed by atoms with van der Waals surface area (Å²) >= 11 is 0. The minimum Gasteiger partial charge on any atom is -0.322 e. The van der Waals surface area contributed by atoms with Crippen LogP contribution in [0.15, 0.2) is 36.5 Å². The molecule has 0 fully saturated rings. The first kappa shape index (κ1) is 12.8. The summed E-state index contributed by atoms with van der Waals surface area (Å²) in [5, 5.41) is 0. The lowest BCUT2D eigenvalue weighted by molar-refractivity contribution is 0.695. The molecule has 2 aromatic rings. The van der Waals surface area contributed by atoms with Gasteiger partial charge in [0.2, 0.25) is 0 Å². The summed E-state index contributed by atoms with van der Waals surface area (Å²) < 4.78 is 0. The Morgan fingerprint density at radius 3 is 2.50 bits per heavy atom. The Hall–Kier alpha value is -1.67. The molecule has 0 saturated carbocycles. The van der Waals surface area contributed by atoms with Crippen molar-refractivity contribution in [3.63, 3.8) is 0 Å². The van der Waals surface area contributed by atoms with Crippen LogP contribution in [0.3, 0.4) is 0 Å². The lowest BCUT2D eigenvalue weighted by Gasteiger charge is -2.12. The van der Waals surface area contributed by atoms with Crippen molar-refractivity contribution in [2.75, 3.05) is 0 Å². The average Bonchev–Trinajstić information content (AvgIpc) is 2.34. The maximum Gasteiger partial charge on any atom is 0.0577 e. The maximum absolute atomic E-state index is 6.22. The zero-order valence-corrected chi connectivity index (χ0v) is 11.3. The predicted octanol–water partition coefficient (Wildman–Crippen LogP) is 3.25. The molecule has 1 atom stereocenters. The number of hydrogen-bond donors (Lipinski definition) is 1. The van der Waals surface area contributed by atoms with Crippen molar-refractivity contribution in [3.05, 3.63) is 64.5 Å². The summed E-state index contributed by atoms with van der Waals surface area (Å²) in [7, 11) is 0. The van der Waals surface area contributed by atoms with Crippen LogP contribution in [0.25, 0.3) is 0 Å². The van der Waals surface area contributed by atoms with Crippen molar-refractivity contribution >= 4 is 0 Å². The lowest BCUT2D eigenvalue weighted by atomic mass is 9.99. The third-order valence-corrected chi connectivity index (χ3v) is 3.34. The van der Waals surface area contributed by atoms with E-state index < -0.39 is 0 Å². The number of aryl methyl sites for hydroxylation is 3. The molecule has 0 aliphatic heterocycles. The minimum absolute atomic E-state index is 0.0352. The first-order valence-electron chi connectivity index (χ1n) is 6.30. The molecule has 0 spiro atoms. The fraction of sp³-hybridized carbons (Fsp3) is 0.312. The zero-order chi connectivity index (χ0) is 13.1. The van der Waals surface area contributed by atoms with Crippen molar-refractivity contribution in [2.45, 2.75) is 33.2 Å². The van der Waals surface area contributed by atoms with Crippen molar-refractivity contribution < 1.29 is 0 Å². The Balaban J connectivity index is 2.16. The van der Waals surface area contributed by atoms with E-state index in [0.29, 0.717) is 0 Å². The molecule has 0 amide bonds. The smallest absolute Gasteiger partial charge is 0.0577 e. The fourth-order valence-electron chi connectivity index (χ4n) is 2.05. The quantitative estimate of drug-likeness (QED) is 0.894. The van der Waals surface area contributed by atoms with E-state index in [4.69, 9.17) is 5.73 Å². The predicted molar refractivity (Wildman–Crippen MR) is 75.5 cm³/mol. The highest BCUT2D eigenvalue weighted by atomic mass is 14.8. The molecule has 1 aromatic heterocycles. The first-order valence-corrected chi connectivity index (χ1v) is 6.30. The van der Waals surface area contributed by atoms with Crippen LogP contribution in [0.4, 0.5) is 0 Å². The molecule has 1 aromatic carbocycles. The van der Waals surface area contributed by atoms with E-state index in [1.54, 1.807) is 0 Å². The van der Waals surface area contributed by atoms with E-state index in [0.717, 1.165) is 12.1 Å². The highest BCUT2D eigenvalue weighted by molar-refractivity contribution is 5.31. The van der Waals surface area contributed by atoms with Gasteiger partial charge in [-0.3, -0.25) is 4.98 Å². The van der Waals surface area contributed by atoms with E-state index in [2.05, 4.69) is 50.0 Å². The molecule has 0 bridgehead atoms. The Bertz CT molecular complexity index is 547. The van der Waals surface area contributed by atoms with Gasteiger partial charge in [0.25, 0.3) is 0 Å². The monoisotopic (exact) mass is 240 g/mol. The second-order valence-corrected chi connectivity index (χ2v) is 4.99. The summed E-state index contributed by atoms with van der Waals surface area (Å²) in [6.07, 6.45) is 2.66. The Morgan fingerprint density at radius 2 is 1.83 bits per heavy atom. The molecule has 0 aliphatic rings. The number of benzene rings is 1. The van der Waals surface area contributed by atoms with Crippen molar-refractivity contribution in [1.29, 1.82) is 0 Å². The molecule has 2 rings (SSSR count). The fourth-order valence-corrected chi connectivity index (χ4v) is 2.05. The molecule has 18 heavy (non-hydrogen) atoms. The Labute approximate surface area is 109 Å². The maximum atomic E-state index is 6.22. The van der Waals surface area contributed by atoms with E-state index >= 15 is 0 Å². The second-order valence-electron chi connectivity index (χ2n) is 4.99. The highest BCUT2D eigenvalue weighted by Gasteiger charge is 2.09. The van der Waals surface area contributed by atoms with Gasteiger partial charge in [-0.25, -0.2) is 0 Å². The van der Waals surface area contributed by atoms with Gasteiger partial charge in [0.1, 0.15) is 0 Å². The van der Waals surface area contributed by atoms with Gasteiger partial charge < -0.3 is 5.73 Å². The molecular weight excluding hydrogens is 220 g/mol. The highest BCUT2D eigenvalue weighted by Crippen LogP contribution is 2.17. The zero-order valence-electron chi connectivity index (χ0n) is 11.3. The first-order chi connectivity index (χ1) is 8.56. The standard InChI is InChI=1S/C16H20N2/c1-11-6-7-18-16(8-11)15(17)10-14-5-4-12(2)13(3)9-14/h4-9,15H,10,17H2,1-3H3. The van der Waals surface area contributed by atoms with Gasteiger partial charge in [-0.2, -0.15) is 0 Å². The van der Waals surface area contributed by atoms with Gasteiger partial charge >= 0.3 is 0 Å². The molecule has 2 N–H and O–H groups in total. The normalized spacial score (nSPS) is 12.4. The molecular formula is C16H20N2. The van der Waals surface area contributed by atoms with E-state index in [9.17, 15) is 0 Å². The summed E-state index contributed by atoms with van der Waals surface area (Å²) in [5.74, 6) is 0. The Morgan fingerprint density at radius 1 is 1.06 bits per heavy atom. The van der Waals surface area contributed by atoms with Crippen LogP contribution in [0.2, 0.25) is 0 Å². The van der Waals surface area contributed by atoms with Gasteiger partial charge in [-0.05, 0) is 61.6 Å². The number of nitrogens with two attached hydrogens (primary N) is 1. The molecule has 1 unspecified atom stereocenters. The minimum atomic E-state index is -0.0352. The third kappa shape index (κ3) is 2.96. The van der Waals surface area contributed by atoms with Crippen molar-refractivity contribution in [3.8, 4) is 0 Å². The number of aromatic nitrogens is 1. The van der Waals surface area contributed by atoms with Crippen LogP contribution in [-0.4, -0.2) is 4.98 Å². The van der Waals surface area contributed by atoms with Gasteiger partial charge in [-0.1, -0.05) is 18.2 Å². The molecule has 0 aliphatic carbocycles. The molecule has 2 heteroatoms. The molecule has 0 saturated heterocycles. The van der Waals surface area contributed by atoms with Crippen LogP contribution >= 0.6 is 0 Å². The number of hydrogen-bond acceptors (Lipinski definition) is 2. The molecule has 2 nitrogen and oxygen atoms in total. The molecule has 1 heterocycles. The summed E-state index contributed by atoms with van der Waals surface area (Å²) in [4.78, 5) is 4.35. The van der Waals surface area contributed by atoms with Crippen LogP contribution < -0.4 is 5.73 Å². The van der Waals surface area contributed by atoms with Gasteiger partial charge in [0.15, 0.2) is 0 Å². The van der Waals surface area contributed by atoms with Gasteiger partial charge in [0.05, 0.1) is 11.7 Å². The lowest BCUT2D eigenvalue weighted by Crippen LogP contribution is -2.15. The number of nitrogens with zero attached hydrogens (tertiary/aromatic N) is 1. The van der Waals surface area contributed by atoms with Gasteiger partial charge in [-0.15, -0.1) is 0 Å². The average molecular weight is 240 g/mol. The largest absolute Gasteiger partial charge is 0.322 e. The molecule has 0 radical (unpaired) electrons. The number of rotatable bonds is 3. The van der Waals surface area contributed by atoms with Gasteiger partial charge in [0, 0.05) is 6.20 Å². The second kappa shape index (κ2) is 5.32. The summed E-state index contributed by atoms with van der Waals surface area (Å²) in [6, 6.07) is 10.5. The summed E-state index contributed by atoms with van der Waals surface area (Å²) in [5.41, 5.74) is 12.3. The SMILES string of the molecule is Cc1ccnc(C(N)Cc2ccc(C)c(C)c2)c1. The number of pyridine rings is 1. The van der Waals surface area contributed by atoms with E-state index in [-0.39, 0.29) is 6.04 Å². The Kier molecular flexibility index (Phi) is 3.78. The van der Waals surface area contributed by atoms with E-state index in [1.165, 1.54) is 22.3 Å². The third-order valence-electron chi connectivity index (χ3n) is 3.34. The van der Waals surface area contributed by atoms with Crippen molar-refractivity contribution in [2.24, 2.45) is 5.73 Å².